The summed E-state index contributed by atoms with van der Waals surface area (Å²) in [6, 6.07) is 7.84. The summed E-state index contributed by atoms with van der Waals surface area (Å²) in [6.45, 7) is 0. The predicted molar refractivity (Wildman–Crippen MR) is 37.0 cm³/mol. The zero-order chi connectivity index (χ0) is 7.61. The first-order valence-electron chi connectivity index (χ1n) is 2.72. The first-order valence-corrected chi connectivity index (χ1v) is 7.32. The molecule has 0 fully saturated rings. The third-order valence-corrected chi connectivity index (χ3v) is 3.86. The average molecular weight is 272 g/mol. The number of hydrogen-bond donors (Lipinski definition) is 2. The SMILES string of the molecule is [Na+].[O]=[Sb]([OH])([OH])[c]1ccccc1. The van der Waals surface area contributed by atoms with Crippen LogP contribution in [0.2, 0.25) is 0 Å². The first kappa shape index (κ1) is 11.8. The molecule has 5 heteroatoms. The minimum absolute atomic E-state index is 0. The van der Waals surface area contributed by atoms with Gasteiger partial charge < -0.3 is 0 Å². The van der Waals surface area contributed by atoms with Crippen LogP contribution in [0.1, 0.15) is 0 Å². The van der Waals surface area contributed by atoms with Crippen LogP contribution in [0.3, 0.4) is 0 Å². The quantitative estimate of drug-likeness (QED) is 0.516. The van der Waals surface area contributed by atoms with Crippen molar-refractivity contribution in [2.45, 2.75) is 0 Å². The van der Waals surface area contributed by atoms with E-state index in [1.54, 1.807) is 18.2 Å². The Morgan fingerprint density at radius 1 is 1.09 bits per heavy atom. The summed E-state index contributed by atoms with van der Waals surface area (Å²) >= 11 is -4.87. The first-order chi connectivity index (χ1) is 4.61. The molecule has 0 unspecified atom stereocenters. The normalized spacial score (nSPS) is 10.4. The van der Waals surface area contributed by atoms with Crippen LogP contribution >= 0.6 is 0 Å². The van der Waals surface area contributed by atoms with Crippen LogP contribution < -0.4 is 33.1 Å². The minimum atomic E-state index is -4.87. The van der Waals surface area contributed by atoms with Gasteiger partial charge in [-0.2, -0.15) is 0 Å². The molecule has 3 nitrogen and oxygen atoms in total. The van der Waals surface area contributed by atoms with Gasteiger partial charge in [-0.15, -0.1) is 0 Å². The molecule has 1 aromatic rings. The summed E-state index contributed by atoms with van der Waals surface area (Å²) in [6.07, 6.45) is 0. The van der Waals surface area contributed by atoms with Crippen molar-refractivity contribution in [3.8, 4) is 0 Å². The zero-order valence-corrected chi connectivity index (χ0v) is 10.7. The van der Waals surface area contributed by atoms with E-state index in [1.807, 2.05) is 0 Å². The molecule has 0 aliphatic carbocycles. The molecule has 0 bridgehead atoms. The molecule has 0 spiro atoms. The molecule has 1 aromatic carbocycles. The monoisotopic (exact) mass is 271 g/mol. The second kappa shape index (κ2) is 4.70. The van der Waals surface area contributed by atoms with Crippen molar-refractivity contribution >= 4 is 23.1 Å². The fourth-order valence-electron chi connectivity index (χ4n) is 0.622. The standard InChI is InChI=1S/C6H5.Na.2H2O.O.Sb/c1-2-4-6-5-3-1;;;;;/h1-5H;;2*1H2;;/q;+1;;;;+2/p-2. The van der Waals surface area contributed by atoms with Crippen LogP contribution in [-0.4, -0.2) is 26.4 Å². The molecular formula is C6H7NaO3Sb+. The molecule has 2 N–H and O–H groups in total. The van der Waals surface area contributed by atoms with Gasteiger partial charge in [-0.1, -0.05) is 0 Å². The van der Waals surface area contributed by atoms with E-state index < -0.39 is 19.6 Å². The van der Waals surface area contributed by atoms with Crippen molar-refractivity contribution < 1.29 is 39.3 Å². The van der Waals surface area contributed by atoms with E-state index in [2.05, 4.69) is 0 Å². The van der Waals surface area contributed by atoms with Gasteiger partial charge in [-0.3, -0.25) is 0 Å². The molecule has 0 aromatic heterocycles. The maximum absolute atomic E-state index is 10.6. The maximum atomic E-state index is 10.6. The van der Waals surface area contributed by atoms with Gasteiger partial charge >= 0.3 is 92.8 Å². The summed E-state index contributed by atoms with van der Waals surface area (Å²) in [4.78, 5) is 0. The second-order valence-corrected chi connectivity index (χ2v) is 6.46. The molecule has 0 aliphatic heterocycles. The Bertz CT molecular complexity index is 256. The molecule has 0 aliphatic rings. The Balaban J connectivity index is 0.000001000. The van der Waals surface area contributed by atoms with Gasteiger partial charge in [-0.25, -0.2) is 0 Å². The molecule has 1 rings (SSSR count). The van der Waals surface area contributed by atoms with Crippen LogP contribution in [0.25, 0.3) is 0 Å². The molecule has 0 atom stereocenters. The van der Waals surface area contributed by atoms with Crippen molar-refractivity contribution in [2.24, 2.45) is 0 Å². The van der Waals surface area contributed by atoms with E-state index in [-0.39, 0.29) is 33.1 Å². The van der Waals surface area contributed by atoms with Gasteiger partial charge in [0.2, 0.25) is 0 Å². The topological polar surface area (TPSA) is 57.5 Å². The third kappa shape index (κ3) is 3.79. The van der Waals surface area contributed by atoms with Crippen molar-refractivity contribution in [3.05, 3.63) is 30.3 Å². The molecule has 0 amide bonds. The van der Waals surface area contributed by atoms with Crippen LogP contribution in [0, 0.1) is 0 Å². The van der Waals surface area contributed by atoms with Crippen molar-refractivity contribution in [1.82, 2.24) is 0 Å². The third-order valence-electron chi connectivity index (χ3n) is 1.09. The Morgan fingerprint density at radius 3 is 1.82 bits per heavy atom. The van der Waals surface area contributed by atoms with E-state index in [1.165, 1.54) is 12.1 Å². The van der Waals surface area contributed by atoms with Crippen molar-refractivity contribution in [3.63, 3.8) is 0 Å². The average Bonchev–Trinajstić information content (AvgIpc) is 1.88. The second-order valence-electron chi connectivity index (χ2n) is 1.88. The van der Waals surface area contributed by atoms with E-state index in [4.69, 9.17) is 6.77 Å². The van der Waals surface area contributed by atoms with E-state index in [9.17, 15) is 3.02 Å². The number of benzene rings is 1. The summed E-state index contributed by atoms with van der Waals surface area (Å²) in [7, 11) is 0. The summed E-state index contributed by atoms with van der Waals surface area (Å²) in [5.41, 5.74) is 0. The molecule has 54 valence electrons. The molecule has 0 saturated heterocycles. The number of rotatable bonds is 1. The van der Waals surface area contributed by atoms with Crippen molar-refractivity contribution in [2.75, 3.05) is 0 Å². The van der Waals surface area contributed by atoms with E-state index >= 15 is 0 Å². The Hall–Kier alpha value is 0.758. The fourth-order valence-corrected chi connectivity index (χ4v) is 2.22. The van der Waals surface area contributed by atoms with Crippen LogP contribution in [0.5, 0.6) is 0 Å². The van der Waals surface area contributed by atoms with Gasteiger partial charge in [0.1, 0.15) is 0 Å². The summed E-state index contributed by atoms with van der Waals surface area (Å²) < 4.78 is 28.1. The van der Waals surface area contributed by atoms with Gasteiger partial charge in [-0.05, 0) is 0 Å². The number of hydrogen-bond acceptors (Lipinski definition) is 1. The van der Waals surface area contributed by atoms with Crippen LogP contribution in [0.15, 0.2) is 30.3 Å². The van der Waals surface area contributed by atoms with Gasteiger partial charge in [0.25, 0.3) is 0 Å². The Labute approximate surface area is 91.9 Å². The van der Waals surface area contributed by atoms with E-state index in [0.717, 1.165) is 0 Å². The Kier molecular flexibility index (Phi) is 5.03. The zero-order valence-electron chi connectivity index (χ0n) is 6.14. The van der Waals surface area contributed by atoms with Crippen LogP contribution in [0.4, 0.5) is 0 Å². The predicted octanol–water partition coefficient (Wildman–Crippen LogP) is -3.75. The van der Waals surface area contributed by atoms with Gasteiger partial charge in [0, 0.05) is 0 Å². The van der Waals surface area contributed by atoms with Gasteiger partial charge in [0.05, 0.1) is 0 Å². The molecule has 0 heterocycles. The molecular weight excluding hydrogens is 265 g/mol. The van der Waals surface area contributed by atoms with Crippen LogP contribution in [-0.2, 0) is 3.02 Å². The molecule has 11 heavy (non-hydrogen) atoms. The summed E-state index contributed by atoms with van der Waals surface area (Å²) in [5, 5.41) is 0. The van der Waals surface area contributed by atoms with Crippen molar-refractivity contribution in [1.29, 1.82) is 0 Å². The Morgan fingerprint density at radius 2 is 1.55 bits per heavy atom. The van der Waals surface area contributed by atoms with E-state index in [0.29, 0.717) is 0 Å². The molecule has 0 radical (unpaired) electrons. The summed E-state index contributed by atoms with van der Waals surface area (Å²) in [5.74, 6) is 0. The fraction of sp³-hybridized carbons (Fsp3) is 0. The molecule has 0 saturated carbocycles. The van der Waals surface area contributed by atoms with Gasteiger partial charge in [0.15, 0.2) is 0 Å².